The van der Waals surface area contributed by atoms with Crippen LogP contribution in [0.2, 0.25) is 0 Å². The van der Waals surface area contributed by atoms with Gasteiger partial charge in [0.2, 0.25) is 0 Å². The second-order valence-corrected chi connectivity index (χ2v) is 3.94. The van der Waals surface area contributed by atoms with Gasteiger partial charge in [-0.15, -0.1) is 0 Å². The normalized spacial score (nSPS) is 22.3. The van der Waals surface area contributed by atoms with E-state index in [1.54, 1.807) is 0 Å². The summed E-state index contributed by atoms with van der Waals surface area (Å²) < 4.78 is 6.37. The lowest BCUT2D eigenvalue weighted by molar-refractivity contribution is 0.420. The Balaban J connectivity index is 2.36. The zero-order chi connectivity index (χ0) is 8.55. The van der Waals surface area contributed by atoms with E-state index >= 15 is 0 Å². The van der Waals surface area contributed by atoms with Gasteiger partial charge in [-0.05, 0) is 41.9 Å². The molecule has 0 aromatic carbocycles. The predicted octanol–water partition coefficient (Wildman–Crippen LogP) is 2.64. The Morgan fingerprint density at radius 3 is 3.25 bits per heavy atom. The molecular formula is C9H12BrNO. The van der Waals surface area contributed by atoms with Crippen LogP contribution in [0.5, 0.6) is 0 Å². The van der Waals surface area contributed by atoms with Crippen molar-refractivity contribution < 1.29 is 4.42 Å². The van der Waals surface area contributed by atoms with E-state index in [9.17, 15) is 0 Å². The highest BCUT2D eigenvalue weighted by Crippen LogP contribution is 2.33. The Bertz CT molecular complexity index is 282. The van der Waals surface area contributed by atoms with Crippen LogP contribution < -0.4 is 5.32 Å². The zero-order valence-corrected chi connectivity index (χ0v) is 8.65. The summed E-state index contributed by atoms with van der Waals surface area (Å²) in [5, 5.41) is 3.29. The van der Waals surface area contributed by atoms with Crippen LogP contribution >= 0.6 is 15.9 Å². The lowest BCUT2D eigenvalue weighted by Crippen LogP contribution is -2.20. The fourth-order valence-corrected chi connectivity index (χ4v) is 2.26. The number of rotatable bonds is 1. The summed E-state index contributed by atoms with van der Waals surface area (Å²) in [7, 11) is 2.00. The number of nitrogens with one attached hydrogen (secondary N) is 1. The van der Waals surface area contributed by atoms with Gasteiger partial charge in [0.1, 0.15) is 5.76 Å². The van der Waals surface area contributed by atoms with Crippen LogP contribution in [0.3, 0.4) is 0 Å². The maximum Gasteiger partial charge on any atom is 0.169 e. The van der Waals surface area contributed by atoms with Gasteiger partial charge in [-0.3, -0.25) is 0 Å². The minimum atomic E-state index is 0.490. The Hall–Kier alpha value is -0.280. The minimum Gasteiger partial charge on any atom is -0.454 e. The lowest BCUT2D eigenvalue weighted by Gasteiger charge is -2.20. The van der Waals surface area contributed by atoms with E-state index in [-0.39, 0.29) is 0 Å². The lowest BCUT2D eigenvalue weighted by atomic mass is 9.94. The molecule has 1 heterocycles. The Kier molecular flexibility index (Phi) is 2.24. The van der Waals surface area contributed by atoms with Gasteiger partial charge in [0.15, 0.2) is 4.67 Å². The fourth-order valence-electron chi connectivity index (χ4n) is 1.82. The maximum absolute atomic E-state index is 5.51. The molecule has 0 saturated heterocycles. The minimum absolute atomic E-state index is 0.490. The first-order valence-electron chi connectivity index (χ1n) is 4.26. The molecule has 0 saturated carbocycles. The van der Waals surface area contributed by atoms with Crippen LogP contribution in [0.25, 0.3) is 0 Å². The third-order valence-corrected chi connectivity index (χ3v) is 2.82. The average Bonchev–Trinajstić information content (AvgIpc) is 2.44. The summed E-state index contributed by atoms with van der Waals surface area (Å²) >= 11 is 3.35. The fraction of sp³-hybridized carbons (Fsp3) is 0.556. The molecule has 3 heteroatoms. The summed E-state index contributed by atoms with van der Waals surface area (Å²) in [5.74, 6) is 1.15. The van der Waals surface area contributed by atoms with Gasteiger partial charge in [-0.25, -0.2) is 0 Å². The van der Waals surface area contributed by atoms with Crippen LogP contribution in [0.15, 0.2) is 15.2 Å². The van der Waals surface area contributed by atoms with Crippen molar-refractivity contribution in [1.29, 1.82) is 0 Å². The first-order valence-corrected chi connectivity index (χ1v) is 5.06. The second kappa shape index (κ2) is 3.23. The molecule has 1 unspecified atom stereocenters. The SMILES string of the molecule is CNC1CCCc2oc(Br)cc21. The molecule has 2 nitrogen and oxygen atoms in total. The first kappa shape index (κ1) is 8.32. The molecule has 1 aromatic rings. The summed E-state index contributed by atoms with van der Waals surface area (Å²) in [6.07, 6.45) is 3.52. The van der Waals surface area contributed by atoms with Crippen molar-refractivity contribution in [1.82, 2.24) is 5.32 Å². The molecule has 0 radical (unpaired) electrons. The van der Waals surface area contributed by atoms with E-state index in [0.29, 0.717) is 6.04 Å². The number of fused-ring (bicyclic) bond motifs is 1. The topological polar surface area (TPSA) is 25.2 Å². The molecule has 0 aliphatic heterocycles. The van der Waals surface area contributed by atoms with Gasteiger partial charge in [0.25, 0.3) is 0 Å². The second-order valence-electron chi connectivity index (χ2n) is 3.16. The van der Waals surface area contributed by atoms with Crippen LogP contribution in [-0.4, -0.2) is 7.05 Å². The van der Waals surface area contributed by atoms with E-state index < -0.39 is 0 Å². The van der Waals surface area contributed by atoms with Crippen LogP contribution in [0.4, 0.5) is 0 Å². The molecule has 0 spiro atoms. The average molecular weight is 230 g/mol. The molecule has 66 valence electrons. The van der Waals surface area contributed by atoms with Crippen molar-refractivity contribution in [3.8, 4) is 0 Å². The molecule has 1 aromatic heterocycles. The van der Waals surface area contributed by atoms with E-state index in [1.807, 2.05) is 7.05 Å². The van der Waals surface area contributed by atoms with Crippen LogP contribution in [-0.2, 0) is 6.42 Å². The van der Waals surface area contributed by atoms with E-state index in [2.05, 4.69) is 27.3 Å². The van der Waals surface area contributed by atoms with Crippen molar-refractivity contribution in [3.63, 3.8) is 0 Å². The highest BCUT2D eigenvalue weighted by molar-refractivity contribution is 9.10. The van der Waals surface area contributed by atoms with Crippen molar-refractivity contribution in [3.05, 3.63) is 22.1 Å². The molecule has 2 rings (SSSR count). The summed E-state index contributed by atoms with van der Waals surface area (Å²) in [5.41, 5.74) is 1.33. The van der Waals surface area contributed by atoms with Gasteiger partial charge in [-0.2, -0.15) is 0 Å². The first-order chi connectivity index (χ1) is 5.81. The number of hydrogen-bond acceptors (Lipinski definition) is 2. The van der Waals surface area contributed by atoms with Crippen molar-refractivity contribution >= 4 is 15.9 Å². The highest BCUT2D eigenvalue weighted by Gasteiger charge is 2.22. The molecule has 1 atom stereocenters. The molecule has 0 amide bonds. The third kappa shape index (κ3) is 1.31. The zero-order valence-electron chi connectivity index (χ0n) is 7.06. The van der Waals surface area contributed by atoms with E-state index in [4.69, 9.17) is 4.42 Å². The highest BCUT2D eigenvalue weighted by atomic mass is 79.9. The Labute approximate surface area is 80.5 Å². The van der Waals surface area contributed by atoms with Crippen molar-refractivity contribution in [2.75, 3.05) is 7.05 Å². The quantitative estimate of drug-likeness (QED) is 0.802. The maximum atomic E-state index is 5.51. The van der Waals surface area contributed by atoms with E-state index in [0.717, 1.165) is 16.9 Å². The molecule has 1 aliphatic carbocycles. The largest absolute Gasteiger partial charge is 0.454 e. The van der Waals surface area contributed by atoms with Gasteiger partial charge in [0.05, 0.1) is 0 Å². The number of halogens is 1. The van der Waals surface area contributed by atoms with Crippen LogP contribution in [0, 0.1) is 0 Å². The molecule has 0 fully saturated rings. The molecule has 12 heavy (non-hydrogen) atoms. The number of hydrogen-bond donors (Lipinski definition) is 1. The standard InChI is InChI=1S/C9H12BrNO/c1-11-7-3-2-4-8-6(7)5-9(10)12-8/h5,7,11H,2-4H2,1H3. The third-order valence-electron chi connectivity index (χ3n) is 2.43. The molecular weight excluding hydrogens is 218 g/mol. The summed E-state index contributed by atoms with van der Waals surface area (Å²) in [6.45, 7) is 0. The molecule has 1 N–H and O–H groups in total. The van der Waals surface area contributed by atoms with E-state index in [1.165, 1.54) is 18.4 Å². The Morgan fingerprint density at radius 2 is 2.50 bits per heavy atom. The summed E-state index contributed by atoms with van der Waals surface area (Å²) in [4.78, 5) is 0. The Morgan fingerprint density at radius 1 is 1.67 bits per heavy atom. The number of aryl methyl sites for hydroxylation is 1. The van der Waals surface area contributed by atoms with Gasteiger partial charge >= 0.3 is 0 Å². The monoisotopic (exact) mass is 229 g/mol. The number of furan rings is 1. The predicted molar refractivity (Wildman–Crippen MR) is 51.1 cm³/mol. The summed E-state index contributed by atoms with van der Waals surface area (Å²) in [6, 6.07) is 2.57. The smallest absolute Gasteiger partial charge is 0.169 e. The van der Waals surface area contributed by atoms with Crippen molar-refractivity contribution in [2.24, 2.45) is 0 Å². The van der Waals surface area contributed by atoms with Gasteiger partial charge in [-0.1, -0.05) is 0 Å². The molecule has 0 bridgehead atoms. The van der Waals surface area contributed by atoms with Gasteiger partial charge < -0.3 is 9.73 Å². The van der Waals surface area contributed by atoms with Crippen molar-refractivity contribution in [2.45, 2.75) is 25.3 Å². The van der Waals surface area contributed by atoms with Crippen LogP contribution in [0.1, 0.15) is 30.2 Å². The molecule has 1 aliphatic rings. The van der Waals surface area contributed by atoms with Gasteiger partial charge in [0, 0.05) is 18.0 Å².